The third kappa shape index (κ3) is 4.81. The SMILES string of the molecule is CCNC(=NCCc1c(F)cccc1F)N1CCC2(CCOC2)C1.I. The summed E-state index contributed by atoms with van der Waals surface area (Å²) in [4.78, 5) is 6.83. The number of nitrogens with one attached hydrogen (secondary N) is 1. The molecule has 4 nitrogen and oxygen atoms in total. The molecule has 0 amide bonds. The minimum atomic E-state index is -0.501. The van der Waals surface area contributed by atoms with Crippen LogP contribution < -0.4 is 5.32 Å². The van der Waals surface area contributed by atoms with Gasteiger partial charge in [0.25, 0.3) is 0 Å². The second kappa shape index (κ2) is 9.12. The van der Waals surface area contributed by atoms with Gasteiger partial charge in [0.2, 0.25) is 0 Å². The van der Waals surface area contributed by atoms with Crippen molar-refractivity contribution in [3.05, 3.63) is 35.4 Å². The third-order valence-corrected chi connectivity index (χ3v) is 4.94. The lowest BCUT2D eigenvalue weighted by Crippen LogP contribution is -2.41. The van der Waals surface area contributed by atoms with E-state index in [1.807, 2.05) is 6.92 Å². The van der Waals surface area contributed by atoms with Gasteiger partial charge in [0.1, 0.15) is 11.6 Å². The highest BCUT2D eigenvalue weighted by molar-refractivity contribution is 14.0. The highest BCUT2D eigenvalue weighted by Crippen LogP contribution is 2.38. The molecule has 0 saturated carbocycles. The maximum atomic E-state index is 13.7. The molecule has 1 aromatic carbocycles. The Kier molecular flexibility index (Phi) is 7.42. The van der Waals surface area contributed by atoms with E-state index in [-0.39, 0.29) is 41.4 Å². The fourth-order valence-corrected chi connectivity index (χ4v) is 3.56. The van der Waals surface area contributed by atoms with Crippen LogP contribution in [0.5, 0.6) is 0 Å². The summed E-state index contributed by atoms with van der Waals surface area (Å²) in [5.41, 5.74) is 0.368. The van der Waals surface area contributed by atoms with Gasteiger partial charge in [-0.2, -0.15) is 0 Å². The Hall–Kier alpha value is -0.960. The van der Waals surface area contributed by atoms with Crippen molar-refractivity contribution in [3.63, 3.8) is 0 Å². The normalized spacial score (nSPS) is 23.2. The van der Waals surface area contributed by atoms with Gasteiger partial charge in [-0.25, -0.2) is 8.78 Å². The molecule has 2 heterocycles. The lowest BCUT2D eigenvalue weighted by molar-refractivity contribution is 0.156. The average molecular weight is 465 g/mol. The van der Waals surface area contributed by atoms with E-state index in [0.717, 1.165) is 51.6 Å². The summed E-state index contributed by atoms with van der Waals surface area (Å²) >= 11 is 0. The topological polar surface area (TPSA) is 36.9 Å². The molecule has 0 bridgehead atoms. The van der Waals surface area contributed by atoms with Crippen molar-refractivity contribution in [3.8, 4) is 0 Å². The van der Waals surface area contributed by atoms with Crippen LogP contribution in [0.1, 0.15) is 25.3 Å². The number of aliphatic imine (C=N–C) groups is 1. The Balaban J connectivity index is 0.00000225. The number of hydrogen-bond acceptors (Lipinski definition) is 2. The zero-order chi connectivity index (χ0) is 17.0. The Morgan fingerprint density at radius 1 is 1.32 bits per heavy atom. The predicted octanol–water partition coefficient (Wildman–Crippen LogP) is 3.20. The largest absolute Gasteiger partial charge is 0.381 e. The van der Waals surface area contributed by atoms with Crippen LogP contribution in [0.25, 0.3) is 0 Å². The summed E-state index contributed by atoms with van der Waals surface area (Å²) in [5.74, 6) is -0.171. The number of nitrogens with zero attached hydrogens (tertiary/aromatic N) is 2. The first-order valence-corrected chi connectivity index (χ1v) is 8.67. The summed E-state index contributed by atoms with van der Waals surface area (Å²) in [7, 11) is 0. The molecule has 140 valence electrons. The molecular formula is C18H26F2IN3O. The average Bonchev–Trinajstić information content (AvgIpc) is 3.20. The van der Waals surface area contributed by atoms with Crippen molar-refractivity contribution in [2.45, 2.75) is 26.2 Å². The number of hydrogen-bond donors (Lipinski definition) is 1. The zero-order valence-electron chi connectivity index (χ0n) is 14.6. The van der Waals surface area contributed by atoms with Crippen LogP contribution in [0.4, 0.5) is 8.78 Å². The summed E-state index contributed by atoms with van der Waals surface area (Å²) in [6.45, 7) is 6.71. The lowest BCUT2D eigenvalue weighted by Gasteiger charge is -2.25. The molecule has 2 fully saturated rings. The molecule has 2 aliphatic heterocycles. The molecule has 1 aromatic rings. The van der Waals surface area contributed by atoms with Crippen LogP contribution in [0.15, 0.2) is 23.2 Å². The fourth-order valence-electron chi connectivity index (χ4n) is 3.56. The Morgan fingerprint density at radius 3 is 2.72 bits per heavy atom. The van der Waals surface area contributed by atoms with Crippen molar-refractivity contribution in [1.29, 1.82) is 0 Å². The number of benzene rings is 1. The van der Waals surface area contributed by atoms with Gasteiger partial charge >= 0.3 is 0 Å². The van der Waals surface area contributed by atoms with Gasteiger partial charge in [0.15, 0.2) is 5.96 Å². The second-order valence-corrected chi connectivity index (χ2v) is 6.66. The molecule has 7 heteroatoms. The van der Waals surface area contributed by atoms with Gasteiger partial charge in [0, 0.05) is 43.8 Å². The first-order chi connectivity index (χ1) is 11.6. The Labute approximate surface area is 165 Å². The molecular weight excluding hydrogens is 439 g/mol. The van der Waals surface area contributed by atoms with Crippen molar-refractivity contribution >= 4 is 29.9 Å². The maximum absolute atomic E-state index is 13.7. The molecule has 1 spiro atoms. The van der Waals surface area contributed by atoms with E-state index < -0.39 is 11.6 Å². The van der Waals surface area contributed by atoms with Gasteiger partial charge in [-0.15, -0.1) is 24.0 Å². The van der Waals surface area contributed by atoms with Crippen molar-refractivity contribution in [2.24, 2.45) is 10.4 Å². The molecule has 1 N–H and O–H groups in total. The first kappa shape index (κ1) is 20.4. The van der Waals surface area contributed by atoms with Crippen LogP contribution in [0.2, 0.25) is 0 Å². The predicted molar refractivity (Wildman–Crippen MR) is 106 cm³/mol. The van der Waals surface area contributed by atoms with Crippen LogP contribution >= 0.6 is 24.0 Å². The van der Waals surface area contributed by atoms with Gasteiger partial charge < -0.3 is 15.0 Å². The molecule has 2 aliphatic rings. The van der Waals surface area contributed by atoms with Crippen LogP contribution in [-0.4, -0.2) is 50.3 Å². The highest BCUT2D eigenvalue weighted by atomic mass is 127. The lowest BCUT2D eigenvalue weighted by atomic mass is 9.87. The molecule has 0 aliphatic carbocycles. The Bertz CT molecular complexity index is 586. The summed E-state index contributed by atoms with van der Waals surface area (Å²) in [6, 6.07) is 3.96. The van der Waals surface area contributed by atoms with Gasteiger partial charge in [-0.3, -0.25) is 4.99 Å². The summed E-state index contributed by atoms with van der Waals surface area (Å²) in [6.07, 6.45) is 2.47. The number of rotatable bonds is 4. The van der Waals surface area contributed by atoms with Crippen molar-refractivity contribution < 1.29 is 13.5 Å². The molecule has 1 atom stereocenters. The summed E-state index contributed by atoms with van der Waals surface area (Å²) in [5, 5.41) is 3.29. The van der Waals surface area contributed by atoms with E-state index in [1.54, 1.807) is 0 Å². The second-order valence-electron chi connectivity index (χ2n) is 6.66. The fraction of sp³-hybridized carbons (Fsp3) is 0.611. The highest BCUT2D eigenvalue weighted by Gasteiger charge is 2.42. The summed E-state index contributed by atoms with van der Waals surface area (Å²) < 4.78 is 33.0. The van der Waals surface area contributed by atoms with Gasteiger partial charge in [0.05, 0.1) is 6.61 Å². The van der Waals surface area contributed by atoms with Gasteiger partial charge in [-0.05, 0) is 38.3 Å². The van der Waals surface area contributed by atoms with E-state index in [1.165, 1.54) is 18.2 Å². The minimum absolute atomic E-state index is 0. The quantitative estimate of drug-likeness (QED) is 0.422. The minimum Gasteiger partial charge on any atom is -0.381 e. The monoisotopic (exact) mass is 465 g/mol. The van der Waals surface area contributed by atoms with Crippen LogP contribution in [0, 0.1) is 17.0 Å². The number of halogens is 3. The van der Waals surface area contributed by atoms with E-state index >= 15 is 0 Å². The third-order valence-electron chi connectivity index (χ3n) is 4.94. The number of guanidine groups is 1. The number of likely N-dealkylation sites (tertiary alicyclic amines) is 1. The molecule has 2 saturated heterocycles. The van der Waals surface area contributed by atoms with E-state index in [0.29, 0.717) is 6.54 Å². The van der Waals surface area contributed by atoms with Crippen molar-refractivity contribution in [1.82, 2.24) is 10.2 Å². The smallest absolute Gasteiger partial charge is 0.193 e. The maximum Gasteiger partial charge on any atom is 0.193 e. The molecule has 3 rings (SSSR count). The molecule has 0 radical (unpaired) electrons. The van der Waals surface area contributed by atoms with E-state index in [9.17, 15) is 8.78 Å². The first-order valence-electron chi connectivity index (χ1n) is 8.67. The van der Waals surface area contributed by atoms with Gasteiger partial charge in [-0.1, -0.05) is 6.07 Å². The standard InChI is InChI=1S/C18H25F2N3O.HI/c1-2-21-17(23-10-7-18(12-23)8-11-24-13-18)22-9-6-14-15(19)4-3-5-16(14)20;/h3-5H,2,6-13H2,1H3,(H,21,22);1H. The van der Waals surface area contributed by atoms with Crippen LogP contribution in [0.3, 0.4) is 0 Å². The molecule has 0 aromatic heterocycles. The zero-order valence-corrected chi connectivity index (χ0v) is 16.9. The molecule has 25 heavy (non-hydrogen) atoms. The molecule has 1 unspecified atom stereocenters. The Morgan fingerprint density at radius 2 is 2.08 bits per heavy atom. The van der Waals surface area contributed by atoms with Crippen molar-refractivity contribution in [2.75, 3.05) is 39.4 Å². The number of ether oxygens (including phenoxy) is 1. The van der Waals surface area contributed by atoms with Crippen LogP contribution in [-0.2, 0) is 11.2 Å². The van der Waals surface area contributed by atoms with E-state index in [2.05, 4.69) is 15.2 Å². The van der Waals surface area contributed by atoms with E-state index in [4.69, 9.17) is 4.74 Å².